The zero-order chi connectivity index (χ0) is 27.8. The summed E-state index contributed by atoms with van der Waals surface area (Å²) in [5.41, 5.74) is 0.697. The van der Waals surface area contributed by atoms with Crippen molar-refractivity contribution in [3.63, 3.8) is 0 Å². The van der Waals surface area contributed by atoms with Gasteiger partial charge >= 0.3 is 12.2 Å². The molecule has 0 bridgehead atoms. The fourth-order valence-corrected chi connectivity index (χ4v) is 4.62. The highest BCUT2D eigenvalue weighted by molar-refractivity contribution is 6.04. The van der Waals surface area contributed by atoms with Crippen LogP contribution in [0.4, 0.5) is 35.0 Å². The molecule has 0 atom stereocenters. The molecule has 208 valence electrons. The number of rotatable bonds is 9. The van der Waals surface area contributed by atoms with Crippen molar-refractivity contribution < 1.29 is 27.2 Å². The maximum atomic E-state index is 13.7. The van der Waals surface area contributed by atoms with Crippen molar-refractivity contribution in [2.24, 2.45) is 0 Å². The molecule has 39 heavy (non-hydrogen) atoms. The lowest BCUT2D eigenvalue weighted by Crippen LogP contribution is -2.37. The Balaban J connectivity index is 1.60. The Hall–Kier alpha value is -3.95. The van der Waals surface area contributed by atoms with Gasteiger partial charge in [0.25, 0.3) is 5.91 Å². The summed E-state index contributed by atoms with van der Waals surface area (Å²) in [6, 6.07) is 12.5. The Morgan fingerprint density at radius 2 is 1.72 bits per heavy atom. The van der Waals surface area contributed by atoms with Gasteiger partial charge in [0.1, 0.15) is 5.76 Å². The first-order valence-corrected chi connectivity index (χ1v) is 13.2. The van der Waals surface area contributed by atoms with Crippen LogP contribution < -0.4 is 15.5 Å². The minimum absolute atomic E-state index is 0.00718. The van der Waals surface area contributed by atoms with Crippen LogP contribution in [0.15, 0.2) is 65.3 Å². The fourth-order valence-electron chi connectivity index (χ4n) is 4.62. The molecular weight excluding hydrogens is 509 g/mol. The lowest BCUT2D eigenvalue weighted by Gasteiger charge is -2.31. The molecular formula is C29H33F3N4O3. The number of carbonyl (C=O) groups is 2. The van der Waals surface area contributed by atoms with E-state index < -0.39 is 17.8 Å². The Morgan fingerprint density at radius 1 is 0.974 bits per heavy atom. The van der Waals surface area contributed by atoms with Crippen molar-refractivity contribution in [2.75, 3.05) is 35.2 Å². The standard InChI is InChI=1S/C29H33F3N4O3/c1-2-3-14-36(20-24-11-8-17-39-24)26-13-12-23(19-25(26)27(37)35-15-5-4-6-16-35)34-28(38)33-22-10-7-9-21(18-22)29(30,31)32/h7-13,17-19H,2-6,14-16,20H2,1H3,(H2,33,34,38). The van der Waals surface area contributed by atoms with Crippen LogP contribution >= 0.6 is 0 Å². The SMILES string of the molecule is CCCCN(Cc1ccco1)c1ccc(NC(=O)Nc2cccc(C(F)(F)F)c2)cc1C(=O)N1CCCCC1. The van der Waals surface area contributed by atoms with Crippen LogP contribution in [0, 0.1) is 0 Å². The van der Waals surface area contributed by atoms with Gasteiger partial charge in [0.05, 0.1) is 29.6 Å². The van der Waals surface area contributed by atoms with E-state index in [4.69, 9.17) is 4.42 Å². The zero-order valence-electron chi connectivity index (χ0n) is 21.9. The maximum absolute atomic E-state index is 13.7. The predicted molar refractivity (Wildman–Crippen MR) is 145 cm³/mol. The number of furan rings is 1. The second kappa shape index (κ2) is 12.7. The molecule has 0 aliphatic carbocycles. The van der Waals surface area contributed by atoms with Gasteiger partial charge in [0.15, 0.2) is 0 Å². The Kier molecular flexibility index (Phi) is 9.16. The molecule has 2 heterocycles. The second-order valence-electron chi connectivity index (χ2n) is 9.60. The van der Waals surface area contributed by atoms with E-state index in [2.05, 4.69) is 22.5 Å². The highest BCUT2D eigenvalue weighted by Gasteiger charge is 2.30. The number of likely N-dealkylation sites (tertiary alicyclic amines) is 1. The predicted octanol–water partition coefficient (Wildman–Crippen LogP) is 7.38. The van der Waals surface area contributed by atoms with Crippen molar-refractivity contribution in [1.82, 2.24) is 4.90 Å². The average molecular weight is 543 g/mol. The molecule has 0 unspecified atom stereocenters. The smallest absolute Gasteiger partial charge is 0.416 e. The third-order valence-electron chi connectivity index (χ3n) is 6.62. The van der Waals surface area contributed by atoms with Crippen LogP contribution in [0.1, 0.15) is 60.7 Å². The molecule has 0 radical (unpaired) electrons. The number of carbonyl (C=O) groups excluding carboxylic acids is 2. The molecule has 1 aromatic heterocycles. The number of nitrogens with one attached hydrogen (secondary N) is 2. The highest BCUT2D eigenvalue weighted by atomic mass is 19.4. The molecule has 1 fully saturated rings. The van der Waals surface area contributed by atoms with Crippen LogP contribution in [0.25, 0.3) is 0 Å². The van der Waals surface area contributed by atoms with Crippen molar-refractivity contribution in [3.8, 4) is 0 Å². The van der Waals surface area contributed by atoms with Gasteiger partial charge in [0, 0.05) is 31.0 Å². The number of halogens is 3. The van der Waals surface area contributed by atoms with Crippen LogP contribution in [-0.4, -0.2) is 36.5 Å². The minimum atomic E-state index is -4.52. The van der Waals surface area contributed by atoms with Crippen molar-refractivity contribution >= 4 is 29.0 Å². The number of unbranched alkanes of at least 4 members (excludes halogenated alkanes) is 1. The normalized spacial score (nSPS) is 13.7. The Morgan fingerprint density at radius 3 is 2.38 bits per heavy atom. The van der Waals surface area contributed by atoms with Gasteiger partial charge in [-0.2, -0.15) is 13.2 Å². The van der Waals surface area contributed by atoms with Crippen LogP contribution in [0.5, 0.6) is 0 Å². The third-order valence-corrected chi connectivity index (χ3v) is 6.62. The summed E-state index contributed by atoms with van der Waals surface area (Å²) < 4.78 is 44.7. The topological polar surface area (TPSA) is 77.8 Å². The molecule has 2 aromatic carbocycles. The number of anilines is 3. The van der Waals surface area contributed by atoms with E-state index in [-0.39, 0.29) is 11.6 Å². The molecule has 7 nitrogen and oxygen atoms in total. The summed E-state index contributed by atoms with van der Waals surface area (Å²) in [6.45, 7) is 4.62. The van der Waals surface area contributed by atoms with Crippen molar-refractivity contribution in [2.45, 2.75) is 51.7 Å². The van der Waals surface area contributed by atoms with Crippen LogP contribution in [-0.2, 0) is 12.7 Å². The Bertz CT molecular complexity index is 1250. The number of hydrogen-bond donors (Lipinski definition) is 2. The quantitative estimate of drug-likeness (QED) is 0.296. The molecule has 1 aliphatic heterocycles. The maximum Gasteiger partial charge on any atom is 0.416 e. The molecule has 4 rings (SSSR count). The van der Waals surface area contributed by atoms with Gasteiger partial charge in [-0.15, -0.1) is 0 Å². The lowest BCUT2D eigenvalue weighted by molar-refractivity contribution is -0.137. The number of urea groups is 1. The zero-order valence-corrected chi connectivity index (χ0v) is 21.9. The van der Waals surface area contributed by atoms with Crippen molar-refractivity contribution in [1.29, 1.82) is 0 Å². The van der Waals surface area contributed by atoms with Gasteiger partial charge < -0.3 is 24.9 Å². The molecule has 1 saturated heterocycles. The van der Waals surface area contributed by atoms with E-state index in [1.54, 1.807) is 24.5 Å². The van der Waals surface area contributed by atoms with Crippen molar-refractivity contribution in [3.05, 3.63) is 77.7 Å². The van der Waals surface area contributed by atoms with E-state index >= 15 is 0 Å². The van der Waals surface area contributed by atoms with Gasteiger partial charge in [-0.1, -0.05) is 19.4 Å². The summed E-state index contributed by atoms with van der Waals surface area (Å²) in [5, 5.41) is 5.10. The van der Waals surface area contributed by atoms with Gasteiger partial charge in [-0.05, 0) is 74.2 Å². The van der Waals surface area contributed by atoms with Gasteiger partial charge in [-0.25, -0.2) is 4.79 Å². The van der Waals surface area contributed by atoms with Crippen LogP contribution in [0.2, 0.25) is 0 Å². The molecule has 3 amide bonds. The van der Waals surface area contributed by atoms with Gasteiger partial charge in [-0.3, -0.25) is 4.79 Å². The number of piperidine rings is 1. The summed E-state index contributed by atoms with van der Waals surface area (Å²) in [6.07, 6.45) is 1.93. The molecule has 1 aliphatic rings. The van der Waals surface area contributed by atoms with Crippen LogP contribution in [0.3, 0.4) is 0 Å². The first-order valence-electron chi connectivity index (χ1n) is 13.2. The second-order valence-corrected chi connectivity index (χ2v) is 9.60. The van der Waals surface area contributed by atoms with E-state index in [1.807, 2.05) is 17.0 Å². The summed E-state index contributed by atoms with van der Waals surface area (Å²) in [7, 11) is 0. The largest absolute Gasteiger partial charge is 0.467 e. The minimum Gasteiger partial charge on any atom is -0.467 e. The molecule has 0 spiro atoms. The average Bonchev–Trinajstić information content (AvgIpc) is 3.44. The number of hydrogen-bond acceptors (Lipinski definition) is 4. The number of amides is 3. The van der Waals surface area contributed by atoms with E-state index in [1.165, 1.54) is 12.1 Å². The molecule has 3 aromatic rings. The first-order chi connectivity index (χ1) is 18.7. The highest BCUT2D eigenvalue weighted by Crippen LogP contribution is 2.31. The fraction of sp³-hybridized carbons (Fsp3) is 0.379. The number of benzene rings is 2. The Labute approximate surface area is 226 Å². The molecule has 2 N–H and O–H groups in total. The summed E-state index contributed by atoms with van der Waals surface area (Å²) in [4.78, 5) is 30.3. The van der Waals surface area contributed by atoms with E-state index in [0.717, 1.165) is 55.7 Å². The third kappa shape index (κ3) is 7.55. The lowest BCUT2D eigenvalue weighted by atomic mass is 10.1. The van der Waals surface area contributed by atoms with E-state index in [0.29, 0.717) is 37.4 Å². The summed E-state index contributed by atoms with van der Waals surface area (Å²) >= 11 is 0. The number of nitrogens with zero attached hydrogens (tertiary/aromatic N) is 2. The van der Waals surface area contributed by atoms with E-state index in [9.17, 15) is 22.8 Å². The number of alkyl halides is 3. The molecule has 10 heteroatoms. The molecule has 0 saturated carbocycles. The summed E-state index contributed by atoms with van der Waals surface area (Å²) in [5.74, 6) is 0.651. The first kappa shape index (κ1) is 28.1. The van der Waals surface area contributed by atoms with Gasteiger partial charge in [0.2, 0.25) is 0 Å². The monoisotopic (exact) mass is 542 g/mol.